The Morgan fingerprint density at radius 2 is 1.58 bits per heavy atom. The lowest BCUT2D eigenvalue weighted by molar-refractivity contribution is -0.123. The van der Waals surface area contributed by atoms with Crippen LogP contribution in [0.4, 0.5) is 0 Å². The molecule has 24 heavy (non-hydrogen) atoms. The van der Waals surface area contributed by atoms with Gasteiger partial charge >= 0.3 is 0 Å². The number of carbonyl (C=O) groups excluding carboxylic acids is 1. The minimum atomic E-state index is -3.10. The Bertz CT molecular complexity index is 520. The molecule has 0 radical (unpaired) electrons. The molecule has 5 nitrogen and oxygen atoms in total. The van der Waals surface area contributed by atoms with Crippen molar-refractivity contribution in [1.29, 1.82) is 0 Å². The second-order valence-corrected chi connectivity index (χ2v) is 10.2. The summed E-state index contributed by atoms with van der Waals surface area (Å²) in [5.41, 5.74) is 6.11. The largest absolute Gasteiger partial charge is 0.353 e. The highest BCUT2D eigenvalue weighted by Gasteiger charge is 2.40. The average molecular weight is 379 g/mol. The van der Waals surface area contributed by atoms with Crippen LogP contribution in [-0.4, -0.2) is 37.4 Å². The van der Waals surface area contributed by atoms with E-state index in [1.54, 1.807) is 0 Å². The number of nitrogens with two attached hydrogens (primary N) is 1. The molecule has 140 valence electrons. The number of carbonyl (C=O) groups is 1. The third-order valence-electron chi connectivity index (χ3n) is 6.13. The molecule has 3 fully saturated rings. The fourth-order valence-corrected chi connectivity index (χ4v) is 6.79. The lowest BCUT2D eigenvalue weighted by Gasteiger charge is -2.45. The summed E-state index contributed by atoms with van der Waals surface area (Å²) in [6, 6.07) is 0.478. The van der Waals surface area contributed by atoms with E-state index in [2.05, 4.69) is 5.32 Å². The Morgan fingerprint density at radius 1 is 1.00 bits per heavy atom. The molecule has 2 unspecified atom stereocenters. The zero-order valence-corrected chi connectivity index (χ0v) is 15.9. The Morgan fingerprint density at radius 3 is 2.17 bits per heavy atom. The highest BCUT2D eigenvalue weighted by Crippen LogP contribution is 2.39. The summed E-state index contributed by atoms with van der Waals surface area (Å²) in [5.74, 6) is 0.871. The number of amides is 1. The van der Waals surface area contributed by atoms with Crippen molar-refractivity contribution in [3.8, 4) is 0 Å². The van der Waals surface area contributed by atoms with E-state index in [4.69, 9.17) is 5.73 Å². The zero-order chi connectivity index (χ0) is 16.4. The number of sulfone groups is 1. The maximum Gasteiger partial charge on any atom is 0.221 e. The van der Waals surface area contributed by atoms with Gasteiger partial charge in [0, 0.05) is 18.5 Å². The topological polar surface area (TPSA) is 89.3 Å². The summed E-state index contributed by atoms with van der Waals surface area (Å²) in [7, 11) is -3.10. The molecular weight excluding hydrogens is 348 g/mol. The van der Waals surface area contributed by atoms with Gasteiger partial charge in [-0.25, -0.2) is 8.42 Å². The Labute approximate surface area is 151 Å². The third kappa shape index (κ3) is 4.64. The predicted molar refractivity (Wildman–Crippen MR) is 97.9 cm³/mol. The van der Waals surface area contributed by atoms with Crippen LogP contribution in [0.2, 0.25) is 0 Å². The zero-order valence-electron chi connectivity index (χ0n) is 14.3. The maximum atomic E-state index is 12.3. The van der Waals surface area contributed by atoms with Crippen molar-refractivity contribution in [2.75, 3.05) is 5.75 Å². The first kappa shape index (κ1) is 20.0. The second-order valence-electron chi connectivity index (χ2n) is 7.80. The number of nitrogens with one attached hydrogen (secondary N) is 1. The first-order chi connectivity index (χ1) is 11.0. The number of rotatable bonds is 5. The van der Waals surface area contributed by atoms with Crippen LogP contribution < -0.4 is 11.1 Å². The molecule has 0 aliphatic heterocycles. The van der Waals surface area contributed by atoms with Crippen LogP contribution in [0, 0.1) is 11.8 Å². The normalized spacial score (nSPS) is 33.7. The number of hydrogen-bond donors (Lipinski definition) is 2. The second kappa shape index (κ2) is 8.37. The Balaban J connectivity index is 0.00000208. The van der Waals surface area contributed by atoms with E-state index in [1.807, 2.05) is 0 Å². The molecular formula is C17H31ClN2O3S. The van der Waals surface area contributed by atoms with Crippen molar-refractivity contribution in [1.82, 2.24) is 5.32 Å². The van der Waals surface area contributed by atoms with Gasteiger partial charge in [-0.05, 0) is 50.4 Å². The van der Waals surface area contributed by atoms with Crippen molar-refractivity contribution < 1.29 is 13.2 Å². The van der Waals surface area contributed by atoms with Crippen molar-refractivity contribution in [2.45, 2.75) is 81.5 Å². The minimum Gasteiger partial charge on any atom is -0.353 e. The molecule has 0 heterocycles. The first-order valence-corrected chi connectivity index (χ1v) is 10.9. The minimum absolute atomic E-state index is 0. The quantitative estimate of drug-likeness (QED) is 0.767. The number of halogens is 1. The molecule has 3 saturated carbocycles. The molecule has 0 spiro atoms. The number of fused-ring (bicyclic) bond motifs is 2. The molecule has 0 aromatic rings. The summed E-state index contributed by atoms with van der Waals surface area (Å²) in [4.78, 5) is 12.3. The molecule has 3 aliphatic carbocycles. The monoisotopic (exact) mass is 378 g/mol. The fourth-order valence-electron chi connectivity index (χ4n) is 4.93. The predicted octanol–water partition coefficient (Wildman–Crippen LogP) is 2.18. The third-order valence-corrected chi connectivity index (χ3v) is 8.39. The Hall–Kier alpha value is -0.330. The van der Waals surface area contributed by atoms with E-state index in [0.717, 1.165) is 51.4 Å². The van der Waals surface area contributed by atoms with Gasteiger partial charge in [0.25, 0.3) is 0 Å². The average Bonchev–Trinajstić information content (AvgIpc) is 3.01. The number of hydrogen-bond acceptors (Lipinski definition) is 4. The molecule has 1 amide bonds. The standard InChI is InChI=1S/C17H30N2O3S.ClH/c18-14-10-12-4-3-5-13(11-14)17(12)19-16(20)8-9-23(21,22)15-6-1-2-7-15;/h12-15,17H,1-11,18H2,(H,19,20);1H. The fraction of sp³-hybridized carbons (Fsp3) is 0.941. The van der Waals surface area contributed by atoms with E-state index in [1.165, 1.54) is 6.42 Å². The molecule has 0 aromatic heterocycles. The van der Waals surface area contributed by atoms with E-state index in [0.29, 0.717) is 11.8 Å². The van der Waals surface area contributed by atoms with Gasteiger partial charge in [-0.1, -0.05) is 19.3 Å². The summed E-state index contributed by atoms with van der Waals surface area (Å²) >= 11 is 0. The van der Waals surface area contributed by atoms with Gasteiger partial charge in [-0.3, -0.25) is 4.79 Å². The molecule has 3 rings (SSSR count). The summed E-state index contributed by atoms with van der Waals surface area (Å²) in [6.07, 6.45) is 9.13. The SMILES string of the molecule is Cl.NC1CC2CCCC(C1)C2NC(=O)CCS(=O)(=O)C1CCCC1. The van der Waals surface area contributed by atoms with Gasteiger partial charge in [0.15, 0.2) is 9.84 Å². The molecule has 0 aromatic carbocycles. The van der Waals surface area contributed by atoms with Crippen LogP contribution in [0.25, 0.3) is 0 Å². The van der Waals surface area contributed by atoms with Crippen LogP contribution in [0.5, 0.6) is 0 Å². The van der Waals surface area contributed by atoms with Crippen molar-refractivity contribution in [3.63, 3.8) is 0 Å². The van der Waals surface area contributed by atoms with E-state index in [-0.39, 0.29) is 47.8 Å². The van der Waals surface area contributed by atoms with E-state index in [9.17, 15) is 13.2 Å². The van der Waals surface area contributed by atoms with Crippen LogP contribution in [-0.2, 0) is 14.6 Å². The van der Waals surface area contributed by atoms with Crippen LogP contribution >= 0.6 is 12.4 Å². The van der Waals surface area contributed by atoms with E-state index >= 15 is 0 Å². The summed E-state index contributed by atoms with van der Waals surface area (Å²) < 4.78 is 24.5. The molecule has 0 saturated heterocycles. The molecule has 2 bridgehead atoms. The molecule has 7 heteroatoms. The lowest BCUT2D eigenvalue weighted by atomic mass is 9.67. The van der Waals surface area contributed by atoms with Gasteiger partial charge in [0.2, 0.25) is 5.91 Å². The highest BCUT2D eigenvalue weighted by molar-refractivity contribution is 7.92. The Kier molecular flexibility index (Phi) is 6.97. The van der Waals surface area contributed by atoms with Gasteiger partial charge in [-0.15, -0.1) is 12.4 Å². The van der Waals surface area contributed by atoms with Crippen molar-refractivity contribution in [3.05, 3.63) is 0 Å². The lowest BCUT2D eigenvalue weighted by Crippen LogP contribution is -2.53. The van der Waals surface area contributed by atoms with Crippen molar-refractivity contribution >= 4 is 28.2 Å². The maximum absolute atomic E-state index is 12.3. The van der Waals surface area contributed by atoms with Gasteiger partial charge < -0.3 is 11.1 Å². The first-order valence-electron chi connectivity index (χ1n) is 9.22. The molecule has 2 atom stereocenters. The van der Waals surface area contributed by atoms with Crippen LogP contribution in [0.1, 0.15) is 64.2 Å². The van der Waals surface area contributed by atoms with Gasteiger partial charge in [0.05, 0.1) is 11.0 Å². The molecule has 3 aliphatic rings. The summed E-state index contributed by atoms with van der Waals surface area (Å²) in [5, 5.41) is 2.94. The van der Waals surface area contributed by atoms with Gasteiger partial charge in [-0.2, -0.15) is 0 Å². The van der Waals surface area contributed by atoms with Crippen LogP contribution in [0.3, 0.4) is 0 Å². The van der Waals surface area contributed by atoms with E-state index < -0.39 is 9.84 Å². The van der Waals surface area contributed by atoms with Gasteiger partial charge in [0.1, 0.15) is 0 Å². The van der Waals surface area contributed by atoms with Crippen molar-refractivity contribution in [2.24, 2.45) is 17.6 Å². The molecule has 3 N–H and O–H groups in total. The smallest absolute Gasteiger partial charge is 0.221 e. The van der Waals surface area contributed by atoms with Crippen LogP contribution in [0.15, 0.2) is 0 Å². The highest BCUT2D eigenvalue weighted by atomic mass is 35.5. The summed E-state index contributed by atoms with van der Waals surface area (Å²) in [6.45, 7) is 0.